The second-order valence-corrected chi connectivity index (χ2v) is 5.97. The maximum absolute atomic E-state index is 12.6. The van der Waals surface area contributed by atoms with Crippen molar-refractivity contribution in [2.24, 2.45) is 0 Å². The first-order chi connectivity index (χ1) is 13.5. The highest BCUT2D eigenvalue weighted by atomic mass is 16.5. The fourth-order valence-electron chi connectivity index (χ4n) is 2.86. The van der Waals surface area contributed by atoms with Crippen molar-refractivity contribution in [3.8, 4) is 28.6 Å². The predicted octanol–water partition coefficient (Wildman–Crippen LogP) is 2.92. The molecule has 8 heteroatoms. The standard InChI is InChI=1S/C20H22N4O4/c1-13-21-20(14-8-6-5-7-9-14)24(23-13)12-18(25)22-15-10-16(26-2)19(28-4)17(11-15)27-3/h5-11H,12H2,1-4H3,(H,22,25). The van der Waals surface area contributed by atoms with Crippen LogP contribution in [0.15, 0.2) is 42.5 Å². The number of ether oxygens (including phenoxy) is 3. The normalized spacial score (nSPS) is 10.4. The Bertz CT molecular complexity index is 945. The summed E-state index contributed by atoms with van der Waals surface area (Å²) in [6.45, 7) is 1.81. The maximum Gasteiger partial charge on any atom is 0.246 e. The monoisotopic (exact) mass is 382 g/mol. The fourth-order valence-corrected chi connectivity index (χ4v) is 2.86. The molecular formula is C20H22N4O4. The van der Waals surface area contributed by atoms with E-state index in [1.54, 1.807) is 23.7 Å². The molecule has 1 aromatic heterocycles. The quantitative estimate of drug-likeness (QED) is 0.676. The first-order valence-corrected chi connectivity index (χ1v) is 8.62. The van der Waals surface area contributed by atoms with Crippen LogP contribution in [0.1, 0.15) is 5.82 Å². The summed E-state index contributed by atoms with van der Waals surface area (Å²) in [5.74, 6) is 2.35. The van der Waals surface area contributed by atoms with Crippen LogP contribution in [0.25, 0.3) is 11.4 Å². The third kappa shape index (κ3) is 4.06. The van der Waals surface area contributed by atoms with Gasteiger partial charge in [0.25, 0.3) is 0 Å². The predicted molar refractivity (Wildman–Crippen MR) is 105 cm³/mol. The lowest BCUT2D eigenvalue weighted by molar-refractivity contribution is -0.116. The summed E-state index contributed by atoms with van der Waals surface area (Å²) in [5, 5.41) is 7.17. The van der Waals surface area contributed by atoms with Gasteiger partial charge in [0.05, 0.1) is 21.3 Å². The van der Waals surface area contributed by atoms with Crippen LogP contribution in [0.3, 0.4) is 0 Å². The van der Waals surface area contributed by atoms with Crippen molar-refractivity contribution in [2.45, 2.75) is 13.5 Å². The lowest BCUT2D eigenvalue weighted by Gasteiger charge is -2.14. The third-order valence-electron chi connectivity index (χ3n) is 4.05. The smallest absolute Gasteiger partial charge is 0.246 e. The number of carbonyl (C=O) groups excluding carboxylic acids is 1. The molecule has 8 nitrogen and oxygen atoms in total. The van der Waals surface area contributed by atoms with E-state index in [0.717, 1.165) is 5.56 Å². The molecule has 1 amide bonds. The van der Waals surface area contributed by atoms with Crippen LogP contribution in [-0.4, -0.2) is 42.0 Å². The summed E-state index contributed by atoms with van der Waals surface area (Å²) in [4.78, 5) is 17.0. The highest BCUT2D eigenvalue weighted by molar-refractivity contribution is 5.91. The van der Waals surface area contributed by atoms with Crippen LogP contribution in [0.2, 0.25) is 0 Å². The number of hydrogen-bond acceptors (Lipinski definition) is 6. The van der Waals surface area contributed by atoms with Crippen molar-refractivity contribution < 1.29 is 19.0 Å². The fraction of sp³-hybridized carbons (Fsp3) is 0.250. The number of methoxy groups -OCH3 is 3. The van der Waals surface area contributed by atoms with Crippen molar-refractivity contribution in [3.05, 3.63) is 48.3 Å². The molecule has 0 aliphatic carbocycles. The Morgan fingerprint density at radius 3 is 2.25 bits per heavy atom. The van der Waals surface area contributed by atoms with Crippen molar-refractivity contribution in [1.29, 1.82) is 0 Å². The lowest BCUT2D eigenvalue weighted by Crippen LogP contribution is -2.20. The second kappa shape index (κ2) is 8.43. The molecule has 1 heterocycles. The molecular weight excluding hydrogens is 360 g/mol. The zero-order valence-electron chi connectivity index (χ0n) is 16.2. The van der Waals surface area contributed by atoms with Crippen molar-refractivity contribution >= 4 is 11.6 Å². The highest BCUT2D eigenvalue weighted by Crippen LogP contribution is 2.39. The minimum absolute atomic E-state index is 0.0156. The number of benzene rings is 2. The Hall–Kier alpha value is -3.55. The van der Waals surface area contributed by atoms with Crippen LogP contribution in [0.5, 0.6) is 17.2 Å². The molecule has 2 aromatic carbocycles. The molecule has 3 aromatic rings. The summed E-state index contributed by atoms with van der Waals surface area (Å²) >= 11 is 0. The Labute approximate surface area is 163 Å². The van der Waals surface area contributed by atoms with E-state index in [9.17, 15) is 4.79 Å². The molecule has 1 N–H and O–H groups in total. The van der Waals surface area contributed by atoms with Crippen molar-refractivity contribution in [3.63, 3.8) is 0 Å². The number of nitrogens with zero attached hydrogens (tertiary/aromatic N) is 3. The number of rotatable bonds is 7. The zero-order chi connectivity index (χ0) is 20.1. The first kappa shape index (κ1) is 19.2. The average molecular weight is 382 g/mol. The van der Waals surface area contributed by atoms with Gasteiger partial charge in [-0.15, -0.1) is 0 Å². The summed E-state index contributed by atoms with van der Waals surface area (Å²) in [6, 6.07) is 13.0. The topological polar surface area (TPSA) is 87.5 Å². The van der Waals surface area contributed by atoms with E-state index in [2.05, 4.69) is 15.4 Å². The van der Waals surface area contributed by atoms with Crippen LogP contribution < -0.4 is 19.5 Å². The van der Waals surface area contributed by atoms with Gasteiger partial charge in [-0.05, 0) is 6.92 Å². The van der Waals surface area contributed by atoms with Gasteiger partial charge in [-0.25, -0.2) is 9.67 Å². The molecule has 0 unspecified atom stereocenters. The SMILES string of the molecule is COc1cc(NC(=O)Cn2nc(C)nc2-c2ccccc2)cc(OC)c1OC. The number of nitrogens with one attached hydrogen (secondary N) is 1. The Kier molecular flexibility index (Phi) is 5.78. The van der Waals surface area contributed by atoms with Gasteiger partial charge in [0.15, 0.2) is 17.3 Å². The second-order valence-electron chi connectivity index (χ2n) is 5.97. The van der Waals surface area contributed by atoms with Gasteiger partial charge >= 0.3 is 0 Å². The minimum atomic E-state index is -0.253. The minimum Gasteiger partial charge on any atom is -0.493 e. The van der Waals surface area contributed by atoms with Gasteiger partial charge in [-0.3, -0.25) is 4.79 Å². The Balaban J connectivity index is 1.82. The van der Waals surface area contributed by atoms with Crippen molar-refractivity contribution in [2.75, 3.05) is 26.6 Å². The maximum atomic E-state index is 12.6. The molecule has 146 valence electrons. The summed E-state index contributed by atoms with van der Waals surface area (Å²) < 4.78 is 17.5. The van der Waals surface area contributed by atoms with E-state index >= 15 is 0 Å². The molecule has 0 atom stereocenters. The molecule has 0 saturated heterocycles. The van der Waals surface area contributed by atoms with Crippen LogP contribution in [-0.2, 0) is 11.3 Å². The Morgan fingerprint density at radius 2 is 1.68 bits per heavy atom. The molecule has 0 radical (unpaired) electrons. The van der Waals surface area contributed by atoms with E-state index in [4.69, 9.17) is 14.2 Å². The van der Waals surface area contributed by atoms with E-state index < -0.39 is 0 Å². The van der Waals surface area contributed by atoms with Gasteiger partial charge in [0, 0.05) is 23.4 Å². The number of hydrogen-bond donors (Lipinski definition) is 1. The molecule has 0 bridgehead atoms. The molecule has 0 aliphatic rings. The third-order valence-corrected chi connectivity index (χ3v) is 4.05. The van der Waals surface area contributed by atoms with Crippen molar-refractivity contribution in [1.82, 2.24) is 14.8 Å². The van der Waals surface area contributed by atoms with Gasteiger partial charge < -0.3 is 19.5 Å². The van der Waals surface area contributed by atoms with E-state index in [1.165, 1.54) is 21.3 Å². The van der Waals surface area contributed by atoms with E-state index in [0.29, 0.717) is 34.6 Å². The zero-order valence-corrected chi connectivity index (χ0v) is 16.2. The van der Waals surface area contributed by atoms with Crippen LogP contribution in [0.4, 0.5) is 5.69 Å². The van der Waals surface area contributed by atoms with E-state index in [-0.39, 0.29) is 12.5 Å². The van der Waals surface area contributed by atoms with Gasteiger partial charge in [-0.1, -0.05) is 30.3 Å². The largest absolute Gasteiger partial charge is 0.493 e. The molecule has 0 spiro atoms. The number of aromatic nitrogens is 3. The Morgan fingerprint density at radius 1 is 1.04 bits per heavy atom. The average Bonchev–Trinajstić information content (AvgIpc) is 3.07. The molecule has 28 heavy (non-hydrogen) atoms. The van der Waals surface area contributed by atoms with E-state index in [1.807, 2.05) is 30.3 Å². The number of amides is 1. The number of anilines is 1. The molecule has 0 saturated carbocycles. The summed E-state index contributed by atoms with van der Waals surface area (Å²) in [6.07, 6.45) is 0. The van der Waals surface area contributed by atoms with Crippen LogP contribution in [0, 0.1) is 6.92 Å². The molecule has 3 rings (SSSR count). The summed E-state index contributed by atoms with van der Waals surface area (Å²) in [7, 11) is 4.57. The lowest BCUT2D eigenvalue weighted by atomic mass is 10.2. The van der Waals surface area contributed by atoms with Crippen LogP contribution >= 0.6 is 0 Å². The first-order valence-electron chi connectivity index (χ1n) is 8.62. The van der Waals surface area contributed by atoms with Gasteiger partial charge in [-0.2, -0.15) is 5.10 Å². The molecule has 0 aliphatic heterocycles. The summed E-state index contributed by atoms with van der Waals surface area (Å²) in [5.41, 5.74) is 1.42. The number of aryl methyl sites for hydroxylation is 1. The van der Waals surface area contributed by atoms with Gasteiger partial charge in [0.2, 0.25) is 11.7 Å². The number of carbonyl (C=O) groups is 1. The molecule has 0 fully saturated rings. The van der Waals surface area contributed by atoms with Gasteiger partial charge in [0.1, 0.15) is 12.4 Å². The highest BCUT2D eigenvalue weighted by Gasteiger charge is 2.16.